The van der Waals surface area contributed by atoms with E-state index in [2.05, 4.69) is 20.2 Å². The molecule has 0 saturated carbocycles. The summed E-state index contributed by atoms with van der Waals surface area (Å²) in [5.41, 5.74) is 4.91. The fraction of sp³-hybridized carbons (Fsp3) is 0.375. The molecule has 0 bridgehead atoms. The molecule has 1 rings (SSSR count). The van der Waals surface area contributed by atoms with Gasteiger partial charge in [-0.05, 0) is 6.42 Å². The van der Waals surface area contributed by atoms with Crippen LogP contribution in [0.25, 0.3) is 0 Å². The maximum atomic E-state index is 11.4. The number of anilines is 1. The van der Waals surface area contributed by atoms with Gasteiger partial charge in [-0.25, -0.2) is 9.59 Å². The molecule has 0 spiro atoms. The highest BCUT2D eigenvalue weighted by Crippen LogP contribution is 2.08. The van der Waals surface area contributed by atoms with E-state index in [0.29, 0.717) is 5.00 Å². The Morgan fingerprint density at radius 2 is 2.22 bits per heavy atom. The molecule has 1 aromatic rings. The number of rotatable bonds is 6. The van der Waals surface area contributed by atoms with E-state index < -0.39 is 23.9 Å². The van der Waals surface area contributed by atoms with Crippen molar-refractivity contribution in [2.75, 3.05) is 5.32 Å². The van der Waals surface area contributed by atoms with Gasteiger partial charge >= 0.3 is 12.0 Å². The van der Waals surface area contributed by atoms with Crippen LogP contribution in [-0.4, -0.2) is 38.6 Å². The number of amides is 3. The second-order valence-corrected chi connectivity index (χ2v) is 4.06. The van der Waals surface area contributed by atoms with Crippen molar-refractivity contribution in [3.05, 3.63) is 6.20 Å². The van der Waals surface area contributed by atoms with E-state index in [0.717, 1.165) is 11.5 Å². The molecule has 3 amide bonds. The number of carboxylic acids is 1. The van der Waals surface area contributed by atoms with Crippen molar-refractivity contribution >= 4 is 34.4 Å². The fourth-order valence-electron chi connectivity index (χ4n) is 1.07. The van der Waals surface area contributed by atoms with Crippen LogP contribution in [0, 0.1) is 0 Å². The van der Waals surface area contributed by atoms with Crippen molar-refractivity contribution in [3.8, 4) is 0 Å². The minimum absolute atomic E-state index is 0.0704. The minimum atomic E-state index is -1.24. The summed E-state index contributed by atoms with van der Waals surface area (Å²) in [4.78, 5) is 32.8. The Balaban J connectivity index is 2.47. The lowest BCUT2D eigenvalue weighted by atomic mass is 10.1. The summed E-state index contributed by atoms with van der Waals surface area (Å²) >= 11 is 0.950. The van der Waals surface area contributed by atoms with Gasteiger partial charge in [-0.2, -0.15) is 0 Å². The van der Waals surface area contributed by atoms with Gasteiger partial charge in [0.05, 0.1) is 6.20 Å². The van der Waals surface area contributed by atoms with Crippen LogP contribution in [0.5, 0.6) is 0 Å². The van der Waals surface area contributed by atoms with Crippen molar-refractivity contribution < 1.29 is 19.5 Å². The van der Waals surface area contributed by atoms with Crippen LogP contribution in [0.4, 0.5) is 9.80 Å². The zero-order valence-corrected chi connectivity index (χ0v) is 9.94. The highest BCUT2D eigenvalue weighted by atomic mass is 32.1. The number of hydrogen-bond donors (Lipinski definition) is 4. The molecule has 0 aliphatic carbocycles. The third-order valence-corrected chi connectivity index (χ3v) is 2.46. The number of carbonyl (C=O) groups excluding carboxylic acids is 2. The molecule has 10 heteroatoms. The number of carboxylic acid groups (broad SMARTS) is 1. The first kappa shape index (κ1) is 13.8. The zero-order valence-electron chi connectivity index (χ0n) is 9.12. The van der Waals surface area contributed by atoms with E-state index in [1.54, 1.807) is 0 Å². The van der Waals surface area contributed by atoms with Crippen molar-refractivity contribution in [1.82, 2.24) is 14.9 Å². The van der Waals surface area contributed by atoms with Crippen LogP contribution in [0.15, 0.2) is 6.20 Å². The summed E-state index contributed by atoms with van der Waals surface area (Å²) in [5.74, 6) is -1.87. The van der Waals surface area contributed by atoms with E-state index >= 15 is 0 Å². The molecule has 1 unspecified atom stereocenters. The molecule has 0 aliphatic heterocycles. The number of hydrogen-bond acceptors (Lipinski definition) is 6. The summed E-state index contributed by atoms with van der Waals surface area (Å²) < 4.78 is 3.52. The molecule has 0 aliphatic rings. The smallest absolute Gasteiger partial charge is 0.326 e. The number of urea groups is 1. The van der Waals surface area contributed by atoms with Crippen LogP contribution >= 0.6 is 11.5 Å². The Morgan fingerprint density at radius 3 is 2.72 bits per heavy atom. The van der Waals surface area contributed by atoms with Gasteiger partial charge < -0.3 is 16.2 Å². The Hall–Kier alpha value is -2.23. The molecule has 5 N–H and O–H groups in total. The van der Waals surface area contributed by atoms with Crippen LogP contribution in [0.3, 0.4) is 0 Å². The van der Waals surface area contributed by atoms with Crippen LogP contribution in [0.1, 0.15) is 12.8 Å². The second kappa shape index (κ2) is 6.49. The summed E-state index contributed by atoms with van der Waals surface area (Å²) in [6.07, 6.45) is 1.13. The van der Waals surface area contributed by atoms with Gasteiger partial charge in [0.2, 0.25) is 5.91 Å². The predicted octanol–water partition coefficient (Wildman–Crippen LogP) is -0.622. The van der Waals surface area contributed by atoms with Gasteiger partial charge in [-0.1, -0.05) is 4.49 Å². The highest BCUT2D eigenvalue weighted by Gasteiger charge is 2.20. The summed E-state index contributed by atoms with van der Waals surface area (Å²) in [7, 11) is 0. The van der Waals surface area contributed by atoms with Gasteiger partial charge in [-0.3, -0.25) is 10.1 Å². The van der Waals surface area contributed by atoms with Gasteiger partial charge in [0.1, 0.15) is 11.0 Å². The Bertz CT molecular complexity index is 435. The average Bonchev–Trinajstić information content (AvgIpc) is 2.76. The van der Waals surface area contributed by atoms with Crippen molar-refractivity contribution in [2.24, 2.45) is 5.73 Å². The Labute approximate surface area is 106 Å². The number of nitrogens with one attached hydrogen (secondary N) is 2. The van der Waals surface area contributed by atoms with E-state index in [9.17, 15) is 14.4 Å². The van der Waals surface area contributed by atoms with Crippen molar-refractivity contribution in [3.63, 3.8) is 0 Å². The number of carbonyl (C=O) groups is 3. The first-order chi connectivity index (χ1) is 8.49. The van der Waals surface area contributed by atoms with E-state index in [1.807, 2.05) is 0 Å². The van der Waals surface area contributed by atoms with E-state index in [-0.39, 0.29) is 12.8 Å². The fourth-order valence-corrected chi connectivity index (χ4v) is 1.49. The Morgan fingerprint density at radius 1 is 1.50 bits per heavy atom. The number of nitrogens with two attached hydrogens (primary N) is 1. The topological polar surface area (TPSA) is 147 Å². The molecule has 9 nitrogen and oxygen atoms in total. The van der Waals surface area contributed by atoms with E-state index in [4.69, 9.17) is 10.8 Å². The van der Waals surface area contributed by atoms with E-state index in [1.165, 1.54) is 6.20 Å². The average molecular weight is 273 g/mol. The summed E-state index contributed by atoms with van der Waals surface area (Å²) in [6, 6.07) is -1.89. The largest absolute Gasteiger partial charge is 0.480 e. The molecule has 18 heavy (non-hydrogen) atoms. The second-order valence-electron chi connectivity index (χ2n) is 3.28. The van der Waals surface area contributed by atoms with Crippen molar-refractivity contribution in [2.45, 2.75) is 18.9 Å². The molecule has 98 valence electrons. The molecule has 1 aromatic heterocycles. The first-order valence-electron chi connectivity index (χ1n) is 4.85. The lowest BCUT2D eigenvalue weighted by Gasteiger charge is -2.13. The maximum Gasteiger partial charge on any atom is 0.326 e. The molecule has 0 fully saturated rings. The first-order valence-corrected chi connectivity index (χ1v) is 5.62. The summed E-state index contributed by atoms with van der Waals surface area (Å²) in [5, 5.41) is 17.3. The van der Waals surface area contributed by atoms with Gasteiger partial charge in [0.25, 0.3) is 0 Å². The lowest BCUT2D eigenvalue weighted by Crippen LogP contribution is -2.43. The predicted molar refractivity (Wildman–Crippen MR) is 61.9 cm³/mol. The van der Waals surface area contributed by atoms with Crippen LogP contribution in [-0.2, 0) is 9.59 Å². The molecule has 0 aromatic carbocycles. The molecule has 1 heterocycles. The molecule has 0 saturated heterocycles. The number of primary amides is 1. The molecular weight excluding hydrogens is 262 g/mol. The standard InChI is InChI=1S/C8H11N5O4S/c9-5(14)2-1-4(7(15)16)11-8(17)12-6-3-10-13-18-6/h3-4H,1-2H2,(H2,9,14)(H,15,16)(H2,11,12,17). The number of aromatic nitrogens is 2. The van der Waals surface area contributed by atoms with Crippen LogP contribution in [0.2, 0.25) is 0 Å². The van der Waals surface area contributed by atoms with Crippen LogP contribution < -0.4 is 16.4 Å². The monoisotopic (exact) mass is 273 g/mol. The molecular formula is C8H11N5O4S. The van der Waals surface area contributed by atoms with Gasteiger partial charge in [0, 0.05) is 18.0 Å². The zero-order chi connectivity index (χ0) is 13.5. The molecule has 0 radical (unpaired) electrons. The SMILES string of the molecule is NC(=O)CCC(NC(=O)Nc1cnns1)C(=O)O. The number of nitrogens with zero attached hydrogens (tertiary/aromatic N) is 2. The lowest BCUT2D eigenvalue weighted by molar-refractivity contribution is -0.139. The van der Waals surface area contributed by atoms with Gasteiger partial charge in [-0.15, -0.1) is 5.10 Å². The highest BCUT2D eigenvalue weighted by molar-refractivity contribution is 7.10. The quantitative estimate of drug-likeness (QED) is 0.543. The van der Waals surface area contributed by atoms with Gasteiger partial charge in [0.15, 0.2) is 0 Å². The third-order valence-electron chi connectivity index (χ3n) is 1.88. The summed E-state index contributed by atoms with van der Waals surface area (Å²) in [6.45, 7) is 0. The maximum absolute atomic E-state index is 11.4. The third kappa shape index (κ3) is 4.74. The normalized spacial score (nSPS) is 11.6. The minimum Gasteiger partial charge on any atom is -0.480 e. The van der Waals surface area contributed by atoms with Crippen molar-refractivity contribution in [1.29, 1.82) is 0 Å². The Kier molecular flexibility index (Phi) is 4.99. The molecule has 1 atom stereocenters. The number of aliphatic carboxylic acids is 1.